The first-order valence-corrected chi connectivity index (χ1v) is 8.06. The van der Waals surface area contributed by atoms with Gasteiger partial charge >= 0.3 is 12.0 Å². The minimum Gasteiger partial charge on any atom is -0.465 e. The minimum atomic E-state index is -0.494. The Labute approximate surface area is 146 Å². The summed E-state index contributed by atoms with van der Waals surface area (Å²) in [7, 11) is 1.67. The van der Waals surface area contributed by atoms with E-state index >= 15 is 0 Å². The molecule has 0 aromatic heterocycles. The van der Waals surface area contributed by atoms with Gasteiger partial charge in [0.15, 0.2) is 0 Å². The normalized spacial score (nSPS) is 13.8. The van der Waals surface area contributed by atoms with Gasteiger partial charge in [-0.25, -0.2) is 9.80 Å². The van der Waals surface area contributed by atoms with Crippen molar-refractivity contribution in [2.24, 2.45) is 5.10 Å². The maximum absolute atomic E-state index is 12.8. The van der Waals surface area contributed by atoms with Crippen LogP contribution in [0, 0.1) is 0 Å². The highest BCUT2D eigenvalue weighted by Gasteiger charge is 2.29. The van der Waals surface area contributed by atoms with Crippen LogP contribution in [0.3, 0.4) is 0 Å². The summed E-state index contributed by atoms with van der Waals surface area (Å²) in [5, 5.41) is 5.65. The number of hydrogen-bond donors (Lipinski definition) is 0. The second-order valence-corrected chi connectivity index (χ2v) is 5.54. The highest BCUT2D eigenvalue weighted by molar-refractivity contribution is 6.18. The van der Waals surface area contributed by atoms with Crippen LogP contribution in [0.1, 0.15) is 18.1 Å². The second-order valence-electron chi connectivity index (χ2n) is 5.54. The first-order chi connectivity index (χ1) is 12.1. The van der Waals surface area contributed by atoms with Gasteiger partial charge in [0.2, 0.25) is 0 Å². The molecule has 3 rings (SSSR count). The van der Waals surface area contributed by atoms with Gasteiger partial charge in [-0.2, -0.15) is 5.10 Å². The topological polar surface area (TPSA) is 62.2 Å². The summed E-state index contributed by atoms with van der Waals surface area (Å²) < 4.78 is 4.97. The van der Waals surface area contributed by atoms with E-state index < -0.39 is 5.97 Å². The van der Waals surface area contributed by atoms with Gasteiger partial charge in [-0.3, -0.25) is 9.69 Å². The van der Waals surface area contributed by atoms with Gasteiger partial charge in [-0.15, -0.1) is 0 Å². The van der Waals surface area contributed by atoms with Gasteiger partial charge in [0.1, 0.15) is 12.3 Å². The molecule has 2 aromatic rings. The van der Waals surface area contributed by atoms with Gasteiger partial charge < -0.3 is 4.74 Å². The van der Waals surface area contributed by atoms with Crippen LogP contribution in [0.2, 0.25) is 0 Å². The first kappa shape index (κ1) is 16.7. The molecule has 0 radical (unpaired) electrons. The Hall–Kier alpha value is -3.15. The van der Waals surface area contributed by atoms with Crippen molar-refractivity contribution in [2.75, 3.05) is 25.1 Å². The summed E-state index contributed by atoms with van der Waals surface area (Å²) in [4.78, 5) is 26.1. The molecule has 128 valence electrons. The van der Waals surface area contributed by atoms with Crippen molar-refractivity contribution in [3.63, 3.8) is 0 Å². The Morgan fingerprint density at radius 2 is 1.76 bits per heavy atom. The van der Waals surface area contributed by atoms with Crippen LogP contribution in [0.15, 0.2) is 59.7 Å². The Bertz CT molecular complexity index is 818. The number of ether oxygens (including phenoxy) is 1. The fourth-order valence-electron chi connectivity index (χ4n) is 2.70. The standard InChI is InChI=1S/C19H19N3O3/c1-3-25-17(23)13-22-19(24)21(2)16-12-8-7-11-15(16)18(20-22)14-9-5-4-6-10-14/h4-12H,3,13H2,1-2H3. The summed E-state index contributed by atoms with van der Waals surface area (Å²) in [6.07, 6.45) is 0. The minimum absolute atomic E-state index is 0.235. The lowest BCUT2D eigenvalue weighted by Crippen LogP contribution is -2.40. The smallest absolute Gasteiger partial charge is 0.345 e. The lowest BCUT2D eigenvalue weighted by Gasteiger charge is -2.21. The van der Waals surface area contributed by atoms with Crippen LogP contribution in [0.5, 0.6) is 0 Å². The molecule has 0 N–H and O–H groups in total. The zero-order chi connectivity index (χ0) is 17.8. The molecule has 25 heavy (non-hydrogen) atoms. The highest BCUT2D eigenvalue weighted by atomic mass is 16.5. The first-order valence-electron chi connectivity index (χ1n) is 8.06. The van der Waals surface area contributed by atoms with E-state index in [4.69, 9.17) is 4.74 Å². The molecule has 1 aliphatic heterocycles. The molecule has 0 bridgehead atoms. The van der Waals surface area contributed by atoms with Crippen LogP contribution in [0.4, 0.5) is 10.5 Å². The SMILES string of the molecule is CCOC(=O)CN1N=C(c2ccccc2)c2ccccc2N(C)C1=O. The van der Waals surface area contributed by atoms with Crippen molar-refractivity contribution in [3.05, 3.63) is 65.7 Å². The quantitative estimate of drug-likeness (QED) is 0.806. The number of carbonyl (C=O) groups is 2. The number of carbonyl (C=O) groups excluding carboxylic acids is 2. The van der Waals surface area contributed by atoms with E-state index in [1.165, 1.54) is 4.90 Å². The van der Waals surface area contributed by atoms with Gasteiger partial charge in [0.05, 0.1) is 12.3 Å². The number of fused-ring (bicyclic) bond motifs is 1. The van der Waals surface area contributed by atoms with Crippen molar-refractivity contribution >= 4 is 23.4 Å². The predicted octanol–water partition coefficient (Wildman–Crippen LogP) is 2.87. The summed E-state index contributed by atoms with van der Waals surface area (Å²) in [5.74, 6) is -0.494. The third kappa shape index (κ3) is 3.38. The van der Waals surface area contributed by atoms with E-state index in [2.05, 4.69) is 5.10 Å². The number of rotatable bonds is 4. The lowest BCUT2D eigenvalue weighted by atomic mass is 10.0. The maximum Gasteiger partial charge on any atom is 0.345 e. The summed E-state index contributed by atoms with van der Waals surface area (Å²) in [6, 6.07) is 16.7. The number of esters is 1. The van der Waals surface area contributed by atoms with E-state index in [-0.39, 0.29) is 19.2 Å². The zero-order valence-corrected chi connectivity index (χ0v) is 14.2. The van der Waals surface area contributed by atoms with Crippen LogP contribution < -0.4 is 4.90 Å². The number of para-hydroxylation sites is 1. The average Bonchev–Trinajstić information content (AvgIpc) is 2.74. The van der Waals surface area contributed by atoms with Crippen LogP contribution in [0.25, 0.3) is 0 Å². The van der Waals surface area contributed by atoms with Gasteiger partial charge in [0.25, 0.3) is 0 Å². The molecule has 6 nitrogen and oxygen atoms in total. The number of urea groups is 1. The van der Waals surface area contributed by atoms with E-state index in [0.29, 0.717) is 5.71 Å². The fourth-order valence-corrected chi connectivity index (χ4v) is 2.70. The van der Waals surface area contributed by atoms with Gasteiger partial charge in [0, 0.05) is 18.2 Å². The lowest BCUT2D eigenvalue weighted by molar-refractivity contribution is -0.143. The average molecular weight is 337 g/mol. The van der Waals surface area contributed by atoms with E-state index in [1.807, 2.05) is 54.6 Å². The Balaban J connectivity index is 2.11. The number of nitrogens with zero attached hydrogens (tertiary/aromatic N) is 3. The summed E-state index contributed by atoms with van der Waals surface area (Å²) in [5.41, 5.74) is 3.07. The maximum atomic E-state index is 12.8. The van der Waals surface area contributed by atoms with Crippen molar-refractivity contribution < 1.29 is 14.3 Å². The largest absolute Gasteiger partial charge is 0.465 e. The zero-order valence-electron chi connectivity index (χ0n) is 14.2. The molecule has 0 atom stereocenters. The summed E-state index contributed by atoms with van der Waals surface area (Å²) in [6.45, 7) is 1.75. The van der Waals surface area contributed by atoms with Crippen molar-refractivity contribution in [1.82, 2.24) is 5.01 Å². The molecular formula is C19H19N3O3. The molecule has 0 spiro atoms. The molecule has 0 unspecified atom stereocenters. The Kier molecular flexibility index (Phi) is 4.79. The van der Waals surface area contributed by atoms with Crippen molar-refractivity contribution in [3.8, 4) is 0 Å². The molecular weight excluding hydrogens is 318 g/mol. The fraction of sp³-hybridized carbons (Fsp3) is 0.211. The number of hydrogen-bond acceptors (Lipinski definition) is 4. The van der Waals surface area contributed by atoms with Crippen LogP contribution >= 0.6 is 0 Å². The molecule has 2 amide bonds. The Morgan fingerprint density at radius 1 is 1.08 bits per heavy atom. The molecule has 6 heteroatoms. The molecule has 0 aliphatic carbocycles. The number of anilines is 1. The van der Waals surface area contributed by atoms with Gasteiger partial charge in [-0.1, -0.05) is 48.5 Å². The predicted molar refractivity (Wildman–Crippen MR) is 95.7 cm³/mol. The molecule has 0 saturated heterocycles. The van der Waals surface area contributed by atoms with Gasteiger partial charge in [-0.05, 0) is 13.0 Å². The molecule has 0 fully saturated rings. The molecule has 0 saturated carbocycles. The van der Waals surface area contributed by atoms with Crippen LogP contribution in [-0.2, 0) is 9.53 Å². The van der Waals surface area contributed by atoms with E-state index in [1.54, 1.807) is 14.0 Å². The molecule has 1 aliphatic rings. The van der Waals surface area contributed by atoms with Crippen molar-refractivity contribution in [1.29, 1.82) is 0 Å². The highest BCUT2D eigenvalue weighted by Crippen LogP contribution is 2.27. The third-order valence-corrected chi connectivity index (χ3v) is 3.88. The van der Waals surface area contributed by atoms with E-state index in [9.17, 15) is 9.59 Å². The molecule has 1 heterocycles. The second kappa shape index (κ2) is 7.17. The van der Waals surface area contributed by atoms with Crippen LogP contribution in [-0.4, -0.2) is 42.9 Å². The summed E-state index contributed by atoms with van der Waals surface area (Å²) >= 11 is 0. The Morgan fingerprint density at radius 3 is 2.48 bits per heavy atom. The van der Waals surface area contributed by atoms with Crippen molar-refractivity contribution in [2.45, 2.75) is 6.92 Å². The monoisotopic (exact) mass is 337 g/mol. The number of amides is 2. The third-order valence-electron chi connectivity index (χ3n) is 3.88. The number of benzene rings is 2. The number of hydrazone groups is 1. The van der Waals surface area contributed by atoms with E-state index in [0.717, 1.165) is 21.8 Å². The molecule has 2 aromatic carbocycles.